The first-order valence-electron chi connectivity index (χ1n) is 9.44. The first-order chi connectivity index (χ1) is 12.3. The zero-order valence-corrected chi connectivity index (χ0v) is 14.7. The summed E-state index contributed by atoms with van der Waals surface area (Å²) in [6, 6.07) is 0.186. The van der Waals surface area contributed by atoms with E-state index in [1.165, 1.54) is 5.56 Å². The molecule has 1 aliphatic carbocycles. The molecule has 138 valence electrons. The van der Waals surface area contributed by atoms with Crippen LogP contribution in [0.25, 0.3) is 0 Å². The predicted octanol–water partition coefficient (Wildman–Crippen LogP) is 0.907. The molecule has 2 saturated heterocycles. The summed E-state index contributed by atoms with van der Waals surface area (Å²) in [5.41, 5.74) is 2.23. The van der Waals surface area contributed by atoms with Crippen molar-refractivity contribution in [3.63, 3.8) is 0 Å². The molecule has 7 heteroatoms. The van der Waals surface area contributed by atoms with E-state index < -0.39 is 0 Å². The second-order valence-corrected chi connectivity index (χ2v) is 7.25. The van der Waals surface area contributed by atoms with Crippen LogP contribution in [0.1, 0.15) is 36.3 Å². The minimum atomic E-state index is 0.102. The first kappa shape index (κ1) is 17.0. The van der Waals surface area contributed by atoms with Crippen LogP contribution in [-0.4, -0.2) is 61.5 Å². The Morgan fingerprint density at radius 2 is 1.88 bits per heavy atom. The lowest BCUT2D eigenvalue weighted by Crippen LogP contribution is -2.43. The minimum Gasteiger partial charge on any atom is -0.381 e. The van der Waals surface area contributed by atoms with Gasteiger partial charge in [0.1, 0.15) is 11.5 Å². The predicted molar refractivity (Wildman–Crippen MR) is 90.1 cm³/mol. The third-order valence-electron chi connectivity index (χ3n) is 5.54. The van der Waals surface area contributed by atoms with Gasteiger partial charge in [-0.2, -0.15) is 0 Å². The van der Waals surface area contributed by atoms with Crippen molar-refractivity contribution in [1.82, 2.24) is 15.4 Å². The molecule has 1 unspecified atom stereocenters. The summed E-state index contributed by atoms with van der Waals surface area (Å²) in [4.78, 5) is 14.8. The highest BCUT2D eigenvalue weighted by atomic mass is 16.5. The quantitative estimate of drug-likeness (QED) is 0.871. The summed E-state index contributed by atoms with van der Waals surface area (Å²) >= 11 is 0. The number of ether oxygens (including phenoxy) is 2. The Hall–Kier alpha value is -1.44. The topological polar surface area (TPSA) is 76.8 Å². The van der Waals surface area contributed by atoms with Gasteiger partial charge in [0.2, 0.25) is 5.91 Å². The van der Waals surface area contributed by atoms with E-state index in [0.29, 0.717) is 13.2 Å². The fourth-order valence-corrected chi connectivity index (χ4v) is 3.96. The number of nitrogens with one attached hydrogen (secondary N) is 1. The Morgan fingerprint density at radius 1 is 1.12 bits per heavy atom. The summed E-state index contributed by atoms with van der Waals surface area (Å²) in [5.74, 6) is 1.29. The molecule has 2 fully saturated rings. The molecule has 0 aromatic carbocycles. The molecule has 25 heavy (non-hydrogen) atoms. The number of carbonyl (C=O) groups excluding carboxylic acids is 1. The average molecular weight is 349 g/mol. The number of fused-ring (bicyclic) bond motifs is 1. The third-order valence-corrected chi connectivity index (χ3v) is 5.54. The van der Waals surface area contributed by atoms with E-state index in [-0.39, 0.29) is 17.9 Å². The Bertz CT molecular complexity index is 591. The highest BCUT2D eigenvalue weighted by Crippen LogP contribution is 2.26. The summed E-state index contributed by atoms with van der Waals surface area (Å²) in [6.07, 6.45) is 4.27. The van der Waals surface area contributed by atoms with Crippen LogP contribution in [0, 0.1) is 5.92 Å². The SMILES string of the molecule is O=C(NC1CCc2onc(CN3CCOCC3)c2C1)C1CCOCC1. The van der Waals surface area contributed by atoms with Gasteiger partial charge in [-0.3, -0.25) is 9.69 Å². The van der Waals surface area contributed by atoms with Crippen LogP contribution < -0.4 is 5.32 Å². The Kier molecular flexibility index (Phi) is 5.33. The molecule has 1 N–H and O–H groups in total. The molecular formula is C18H27N3O4. The lowest BCUT2D eigenvalue weighted by Gasteiger charge is -2.28. The van der Waals surface area contributed by atoms with Gasteiger partial charge in [-0.1, -0.05) is 5.16 Å². The summed E-state index contributed by atoms with van der Waals surface area (Å²) in [5, 5.41) is 7.56. The molecule has 7 nitrogen and oxygen atoms in total. The van der Waals surface area contributed by atoms with Crippen LogP contribution >= 0.6 is 0 Å². The average Bonchev–Trinajstić information content (AvgIpc) is 3.05. The normalized spacial score (nSPS) is 25.5. The second-order valence-electron chi connectivity index (χ2n) is 7.25. The zero-order chi connectivity index (χ0) is 17.1. The highest BCUT2D eigenvalue weighted by Gasteiger charge is 2.30. The van der Waals surface area contributed by atoms with Crippen LogP contribution in [0.5, 0.6) is 0 Å². The molecule has 1 aromatic heterocycles. The van der Waals surface area contributed by atoms with Crippen molar-refractivity contribution in [2.75, 3.05) is 39.5 Å². The molecule has 0 radical (unpaired) electrons. The number of rotatable bonds is 4. The molecule has 1 amide bonds. The summed E-state index contributed by atoms with van der Waals surface area (Å²) in [7, 11) is 0. The van der Waals surface area contributed by atoms with Crippen LogP contribution in [0.2, 0.25) is 0 Å². The van der Waals surface area contributed by atoms with Gasteiger partial charge in [-0.05, 0) is 25.7 Å². The lowest BCUT2D eigenvalue weighted by atomic mass is 9.90. The number of nitrogens with zero attached hydrogens (tertiary/aromatic N) is 2. The summed E-state index contributed by atoms with van der Waals surface area (Å²) < 4.78 is 16.3. The number of carbonyl (C=O) groups is 1. The first-order valence-corrected chi connectivity index (χ1v) is 9.44. The van der Waals surface area contributed by atoms with Gasteiger partial charge in [-0.25, -0.2) is 0 Å². The van der Waals surface area contributed by atoms with Crippen molar-refractivity contribution >= 4 is 5.91 Å². The molecule has 0 saturated carbocycles. The number of morpholine rings is 1. The number of aryl methyl sites for hydroxylation is 1. The lowest BCUT2D eigenvalue weighted by molar-refractivity contribution is -0.128. The van der Waals surface area contributed by atoms with Crippen molar-refractivity contribution in [3.8, 4) is 0 Å². The molecule has 2 aliphatic heterocycles. The molecule has 3 heterocycles. The highest BCUT2D eigenvalue weighted by molar-refractivity contribution is 5.79. The number of aromatic nitrogens is 1. The van der Waals surface area contributed by atoms with Gasteiger partial charge in [0.05, 0.1) is 13.2 Å². The molecule has 0 bridgehead atoms. The van der Waals surface area contributed by atoms with E-state index in [1.54, 1.807) is 0 Å². The maximum Gasteiger partial charge on any atom is 0.223 e. The van der Waals surface area contributed by atoms with E-state index >= 15 is 0 Å². The van der Waals surface area contributed by atoms with E-state index in [1.807, 2.05) is 0 Å². The van der Waals surface area contributed by atoms with Gasteiger partial charge in [-0.15, -0.1) is 0 Å². The van der Waals surface area contributed by atoms with Crippen LogP contribution in [0.3, 0.4) is 0 Å². The largest absolute Gasteiger partial charge is 0.381 e. The molecule has 4 rings (SSSR count). The van der Waals surface area contributed by atoms with Crippen molar-refractivity contribution in [1.29, 1.82) is 0 Å². The fourth-order valence-electron chi connectivity index (χ4n) is 3.96. The van der Waals surface area contributed by atoms with E-state index in [0.717, 1.165) is 76.4 Å². The smallest absolute Gasteiger partial charge is 0.223 e. The van der Waals surface area contributed by atoms with E-state index in [4.69, 9.17) is 14.0 Å². The molecule has 3 aliphatic rings. The van der Waals surface area contributed by atoms with E-state index in [9.17, 15) is 4.79 Å². The number of amides is 1. The molecule has 1 atom stereocenters. The zero-order valence-electron chi connectivity index (χ0n) is 14.7. The third kappa shape index (κ3) is 4.04. The Morgan fingerprint density at radius 3 is 2.68 bits per heavy atom. The van der Waals surface area contributed by atoms with Gasteiger partial charge >= 0.3 is 0 Å². The van der Waals surface area contributed by atoms with Gasteiger partial charge in [0.15, 0.2) is 0 Å². The second kappa shape index (κ2) is 7.85. The van der Waals surface area contributed by atoms with Gasteiger partial charge < -0.3 is 19.3 Å². The van der Waals surface area contributed by atoms with Crippen molar-refractivity contribution in [2.45, 2.75) is 44.7 Å². The van der Waals surface area contributed by atoms with Crippen molar-refractivity contribution < 1.29 is 18.8 Å². The Balaban J connectivity index is 1.36. The Labute approximate surface area is 148 Å². The summed E-state index contributed by atoms with van der Waals surface area (Å²) in [6.45, 7) is 5.64. The maximum atomic E-state index is 12.5. The molecule has 1 aromatic rings. The molecule has 0 spiro atoms. The minimum absolute atomic E-state index is 0.102. The van der Waals surface area contributed by atoms with Crippen molar-refractivity contribution in [3.05, 3.63) is 17.0 Å². The van der Waals surface area contributed by atoms with Crippen molar-refractivity contribution in [2.24, 2.45) is 5.92 Å². The van der Waals surface area contributed by atoms with Gasteiger partial charge in [0.25, 0.3) is 0 Å². The molecular weight excluding hydrogens is 322 g/mol. The fraction of sp³-hybridized carbons (Fsp3) is 0.778. The monoisotopic (exact) mass is 349 g/mol. The van der Waals surface area contributed by atoms with Crippen LogP contribution in [0.15, 0.2) is 4.52 Å². The van der Waals surface area contributed by atoms with Crippen LogP contribution in [0.4, 0.5) is 0 Å². The maximum absolute atomic E-state index is 12.5. The number of hydrogen-bond acceptors (Lipinski definition) is 6. The van der Waals surface area contributed by atoms with E-state index in [2.05, 4.69) is 15.4 Å². The number of hydrogen-bond donors (Lipinski definition) is 1. The standard InChI is InChI=1S/C18H27N3O4/c22-18(13-3-7-23-8-4-13)19-14-1-2-17-15(11-14)16(20-25-17)12-21-5-9-24-10-6-21/h13-14H,1-12H2,(H,19,22). The van der Waals surface area contributed by atoms with Gasteiger partial charge in [0, 0.05) is 56.8 Å². The van der Waals surface area contributed by atoms with Crippen LogP contribution in [-0.2, 0) is 33.7 Å².